The Balaban J connectivity index is 1.88. The summed E-state index contributed by atoms with van der Waals surface area (Å²) in [5.41, 5.74) is 1.02. The van der Waals surface area contributed by atoms with Gasteiger partial charge in [0.1, 0.15) is 12.5 Å². The Morgan fingerprint density at radius 1 is 0.966 bits per heavy atom. The molecule has 0 spiro atoms. The van der Waals surface area contributed by atoms with Crippen LogP contribution in [0.2, 0.25) is 0 Å². The third kappa shape index (κ3) is 7.78. The normalized spacial score (nSPS) is 13.8. The van der Waals surface area contributed by atoms with E-state index in [-0.39, 0.29) is 24.6 Å². The van der Waals surface area contributed by atoms with Gasteiger partial charge in [0, 0.05) is 7.11 Å². The lowest BCUT2D eigenvalue weighted by atomic mass is 10.0. The van der Waals surface area contributed by atoms with Crippen LogP contribution in [0.1, 0.15) is 18.9 Å². The minimum Gasteiger partial charge on any atom is -0.497 e. The second-order valence-electron chi connectivity index (χ2n) is 6.87. The molecule has 2 aromatic rings. The van der Waals surface area contributed by atoms with Crippen LogP contribution < -0.4 is 4.74 Å². The first kappa shape index (κ1) is 23.3. The van der Waals surface area contributed by atoms with Crippen LogP contribution >= 0.6 is 0 Å². The number of hydrogen-bond donors (Lipinski definition) is 0. The summed E-state index contributed by atoms with van der Waals surface area (Å²) in [5, 5.41) is 0. The van der Waals surface area contributed by atoms with Gasteiger partial charge in [0.15, 0.2) is 9.84 Å². The number of benzene rings is 2. The second kappa shape index (κ2) is 11.9. The first-order valence-corrected chi connectivity index (χ1v) is 11.2. The van der Waals surface area contributed by atoms with Crippen molar-refractivity contribution >= 4 is 9.84 Å². The molecule has 2 aromatic carbocycles. The molecule has 6 nitrogen and oxygen atoms in total. The molecule has 0 aliphatic rings. The summed E-state index contributed by atoms with van der Waals surface area (Å²) in [7, 11) is -0.136. The van der Waals surface area contributed by atoms with Crippen LogP contribution in [0, 0.1) is 5.92 Å². The van der Waals surface area contributed by atoms with E-state index in [1.807, 2.05) is 31.2 Å². The zero-order valence-electron chi connectivity index (χ0n) is 17.2. The first-order valence-electron chi connectivity index (χ1n) is 9.55. The maximum Gasteiger partial charge on any atom is 0.178 e. The summed E-state index contributed by atoms with van der Waals surface area (Å²) in [6.45, 7) is 2.89. The highest BCUT2D eigenvalue weighted by molar-refractivity contribution is 7.91. The maximum atomic E-state index is 12.5. The van der Waals surface area contributed by atoms with Crippen LogP contribution in [-0.2, 0) is 30.7 Å². The van der Waals surface area contributed by atoms with Gasteiger partial charge in [-0.2, -0.15) is 0 Å². The van der Waals surface area contributed by atoms with Crippen molar-refractivity contribution in [2.45, 2.75) is 31.0 Å². The quantitative estimate of drug-likeness (QED) is 0.459. The van der Waals surface area contributed by atoms with Gasteiger partial charge in [-0.15, -0.1) is 0 Å². The monoisotopic (exact) mass is 422 g/mol. The Morgan fingerprint density at radius 2 is 1.66 bits per heavy atom. The Kier molecular flexibility index (Phi) is 9.60. The molecule has 0 radical (unpaired) electrons. The van der Waals surface area contributed by atoms with Crippen molar-refractivity contribution in [3.63, 3.8) is 0 Å². The van der Waals surface area contributed by atoms with E-state index in [4.69, 9.17) is 18.9 Å². The van der Waals surface area contributed by atoms with Crippen LogP contribution in [0.5, 0.6) is 5.75 Å². The van der Waals surface area contributed by atoms with Crippen molar-refractivity contribution in [2.75, 3.05) is 33.4 Å². The minimum absolute atomic E-state index is 0.0143. The summed E-state index contributed by atoms with van der Waals surface area (Å²) >= 11 is 0. The van der Waals surface area contributed by atoms with Gasteiger partial charge in [0.05, 0.1) is 37.1 Å². The lowest BCUT2D eigenvalue weighted by molar-refractivity contribution is -0.116. The Morgan fingerprint density at radius 3 is 2.28 bits per heavy atom. The van der Waals surface area contributed by atoms with Crippen molar-refractivity contribution < 1.29 is 27.4 Å². The molecule has 29 heavy (non-hydrogen) atoms. The molecule has 0 saturated heterocycles. The zero-order valence-corrected chi connectivity index (χ0v) is 18.1. The largest absolute Gasteiger partial charge is 0.497 e. The van der Waals surface area contributed by atoms with E-state index >= 15 is 0 Å². The SMILES string of the molecule is COCO[C@H](COCc1ccc(OC)cc1)[C@H](C)CCS(=O)(=O)c1ccccc1. The van der Waals surface area contributed by atoms with Crippen molar-refractivity contribution in [3.05, 3.63) is 60.2 Å². The average molecular weight is 423 g/mol. The van der Waals surface area contributed by atoms with Crippen LogP contribution in [0.4, 0.5) is 0 Å². The summed E-state index contributed by atoms with van der Waals surface area (Å²) in [5.74, 6) is 0.839. The molecule has 0 bridgehead atoms. The Hall–Kier alpha value is -1.93. The fourth-order valence-corrected chi connectivity index (χ4v) is 4.31. The van der Waals surface area contributed by atoms with Crippen molar-refractivity contribution in [2.24, 2.45) is 5.92 Å². The molecule has 2 atom stereocenters. The number of rotatable bonds is 13. The van der Waals surface area contributed by atoms with Gasteiger partial charge in [0.25, 0.3) is 0 Å². The molecule has 0 aliphatic heterocycles. The molecule has 2 rings (SSSR count). The first-order chi connectivity index (χ1) is 14.0. The predicted octanol–water partition coefficient (Wildman–Crippen LogP) is 3.70. The molecule has 0 fully saturated rings. The van der Waals surface area contributed by atoms with E-state index in [9.17, 15) is 8.42 Å². The lowest BCUT2D eigenvalue weighted by Crippen LogP contribution is -2.29. The number of sulfone groups is 1. The fraction of sp³-hybridized carbons (Fsp3) is 0.455. The van der Waals surface area contributed by atoms with E-state index in [1.54, 1.807) is 44.6 Å². The summed E-state index contributed by atoms with van der Waals surface area (Å²) in [4.78, 5) is 0.345. The summed E-state index contributed by atoms with van der Waals surface area (Å²) < 4.78 is 46.8. The highest BCUT2D eigenvalue weighted by atomic mass is 32.2. The van der Waals surface area contributed by atoms with E-state index in [2.05, 4.69) is 0 Å². The number of hydrogen-bond acceptors (Lipinski definition) is 6. The van der Waals surface area contributed by atoms with Gasteiger partial charge in [-0.05, 0) is 42.2 Å². The zero-order chi connectivity index (χ0) is 21.1. The highest BCUT2D eigenvalue weighted by Crippen LogP contribution is 2.19. The molecule has 0 saturated carbocycles. The molecule has 160 valence electrons. The average Bonchev–Trinajstić information content (AvgIpc) is 2.75. The molecule has 0 N–H and O–H groups in total. The van der Waals surface area contributed by atoms with Gasteiger partial charge in [-0.25, -0.2) is 8.42 Å². The smallest absolute Gasteiger partial charge is 0.178 e. The van der Waals surface area contributed by atoms with Gasteiger partial charge in [-0.1, -0.05) is 37.3 Å². The standard InChI is InChI=1S/C22H30O6S/c1-18(13-14-29(23,24)21-7-5-4-6-8-21)22(28-17-25-2)16-27-15-19-9-11-20(26-3)12-10-19/h4-12,18,22H,13-17H2,1-3H3/t18-,22-/m1/s1. The lowest BCUT2D eigenvalue weighted by Gasteiger charge is -2.24. The molecule has 0 aromatic heterocycles. The van der Waals surface area contributed by atoms with Crippen molar-refractivity contribution in [1.29, 1.82) is 0 Å². The number of ether oxygens (including phenoxy) is 4. The molecule has 7 heteroatoms. The molecule has 0 amide bonds. The molecule has 0 heterocycles. The molecule has 0 aliphatic carbocycles. The predicted molar refractivity (Wildman–Crippen MR) is 112 cm³/mol. The van der Waals surface area contributed by atoms with Crippen molar-refractivity contribution in [1.82, 2.24) is 0 Å². The van der Waals surface area contributed by atoms with Crippen molar-refractivity contribution in [3.8, 4) is 5.75 Å². The Labute approximate surface area is 173 Å². The van der Waals surface area contributed by atoms with E-state index < -0.39 is 9.84 Å². The Bertz CT molecular complexity index is 805. The summed E-state index contributed by atoms with van der Waals surface area (Å²) in [6, 6.07) is 16.2. The van der Waals surface area contributed by atoms with Gasteiger partial charge in [0.2, 0.25) is 0 Å². The van der Waals surface area contributed by atoms with E-state index in [1.165, 1.54) is 0 Å². The van der Waals surface area contributed by atoms with Crippen LogP contribution in [0.3, 0.4) is 0 Å². The summed E-state index contributed by atoms with van der Waals surface area (Å²) in [6.07, 6.45) is 0.205. The third-order valence-corrected chi connectivity index (χ3v) is 6.45. The molecular weight excluding hydrogens is 392 g/mol. The van der Waals surface area contributed by atoms with Gasteiger partial charge in [-0.3, -0.25) is 0 Å². The van der Waals surface area contributed by atoms with Gasteiger partial charge >= 0.3 is 0 Å². The second-order valence-corrected chi connectivity index (χ2v) is 8.98. The van der Waals surface area contributed by atoms with E-state index in [0.29, 0.717) is 24.5 Å². The van der Waals surface area contributed by atoms with Crippen LogP contribution in [0.15, 0.2) is 59.5 Å². The van der Waals surface area contributed by atoms with E-state index in [0.717, 1.165) is 11.3 Å². The molecular formula is C22H30O6S. The topological polar surface area (TPSA) is 71.1 Å². The fourth-order valence-electron chi connectivity index (χ4n) is 2.82. The number of methoxy groups -OCH3 is 2. The van der Waals surface area contributed by atoms with Gasteiger partial charge < -0.3 is 18.9 Å². The minimum atomic E-state index is -3.32. The molecule has 0 unspecified atom stereocenters. The van der Waals surface area contributed by atoms with Crippen LogP contribution in [-0.4, -0.2) is 47.9 Å². The van der Waals surface area contributed by atoms with Crippen LogP contribution in [0.25, 0.3) is 0 Å². The maximum absolute atomic E-state index is 12.5. The third-order valence-electron chi connectivity index (χ3n) is 4.69. The highest BCUT2D eigenvalue weighted by Gasteiger charge is 2.22.